The first-order chi connectivity index (χ1) is 16.4. The van der Waals surface area contributed by atoms with E-state index in [9.17, 15) is 0 Å². The Morgan fingerprint density at radius 2 is 0.971 bits per heavy atom. The second kappa shape index (κ2) is 10.4. The number of hydrogen-bond acceptors (Lipinski definition) is 5. The minimum atomic E-state index is -4.94. The summed E-state index contributed by atoms with van der Waals surface area (Å²) in [6.45, 7) is 0. The van der Waals surface area contributed by atoms with E-state index in [1.165, 1.54) is 11.1 Å². The molecule has 3 aromatic carbocycles. The van der Waals surface area contributed by atoms with E-state index in [2.05, 4.69) is 99.7 Å². The lowest BCUT2D eigenvalue weighted by Crippen LogP contribution is -2.68. The number of pyridine rings is 1. The molecule has 0 saturated carbocycles. The summed E-state index contributed by atoms with van der Waals surface area (Å²) in [6.07, 6.45) is 1.79. The maximum absolute atomic E-state index is 8.49. The highest BCUT2D eigenvalue weighted by Gasteiger charge is 2.22. The van der Waals surface area contributed by atoms with Crippen molar-refractivity contribution in [1.82, 2.24) is 10.2 Å². The molecule has 0 aliphatic carbocycles. The van der Waals surface area contributed by atoms with Gasteiger partial charge in [-0.25, -0.2) is 18.6 Å². The van der Waals surface area contributed by atoms with Gasteiger partial charge in [0, 0.05) is 11.1 Å². The minimum absolute atomic E-state index is 0.933. The molecule has 0 saturated heterocycles. The fourth-order valence-corrected chi connectivity index (χ4v) is 3.67. The molecule has 0 fully saturated rings. The zero-order chi connectivity index (χ0) is 24.0. The number of aromatic amines is 1. The summed E-state index contributed by atoms with van der Waals surface area (Å²) in [6, 6.07) is 38.0. The summed E-state index contributed by atoms with van der Waals surface area (Å²) in [7, 11) is -4.94. The van der Waals surface area contributed by atoms with Crippen LogP contribution >= 0.6 is 0 Å². The van der Waals surface area contributed by atoms with Crippen LogP contribution in [0.15, 0.2) is 115 Å². The summed E-state index contributed by atoms with van der Waals surface area (Å²) in [5.41, 5.74) is 6.89. The van der Waals surface area contributed by atoms with Gasteiger partial charge in [0.15, 0.2) is 0 Å². The maximum Gasteiger partial charge on any atom is 0.306 e. The minimum Gasteiger partial charge on any atom is -0.222 e. The molecule has 0 aliphatic rings. The average Bonchev–Trinajstić information content (AvgIpc) is 3.38. The predicted octanol–water partition coefficient (Wildman–Crippen LogP) is 0.931. The molecule has 0 amide bonds. The summed E-state index contributed by atoms with van der Waals surface area (Å²) >= 11 is 0. The Morgan fingerprint density at radius 3 is 1.35 bits per heavy atom. The highest BCUT2D eigenvalue weighted by atomic mass is 35.7. The fourth-order valence-electron chi connectivity index (χ4n) is 3.67. The molecule has 2 heterocycles. The molecule has 2 aromatic heterocycles. The first-order valence-corrected chi connectivity index (χ1v) is 11.5. The lowest BCUT2D eigenvalue weighted by Gasteiger charge is -2.17. The van der Waals surface area contributed by atoms with Crippen molar-refractivity contribution in [2.75, 3.05) is 0 Å². The van der Waals surface area contributed by atoms with E-state index in [0.29, 0.717) is 0 Å². The Morgan fingerprint density at radius 1 is 0.559 bits per heavy atom. The van der Waals surface area contributed by atoms with Gasteiger partial charge in [-0.15, -0.1) is 15.3 Å². The molecule has 5 rings (SSSR count). The van der Waals surface area contributed by atoms with Gasteiger partial charge in [0.05, 0.1) is 12.3 Å². The topological polar surface area (TPSA) is 125 Å². The Kier molecular flexibility index (Phi) is 7.12. The monoisotopic (exact) mass is 473 g/mol. The van der Waals surface area contributed by atoms with Crippen molar-refractivity contribution < 1.29 is 33.4 Å². The summed E-state index contributed by atoms with van der Waals surface area (Å²) < 4.78 is 36.2. The van der Waals surface area contributed by atoms with E-state index in [1.54, 1.807) is 6.20 Å². The Labute approximate surface area is 198 Å². The van der Waals surface area contributed by atoms with Gasteiger partial charge < -0.3 is 0 Å². The van der Waals surface area contributed by atoms with Gasteiger partial charge in [0.25, 0.3) is 0 Å². The van der Waals surface area contributed by atoms with Gasteiger partial charge in [-0.1, -0.05) is 96.1 Å². The van der Waals surface area contributed by atoms with E-state index in [4.69, 9.17) is 18.6 Å². The molecule has 0 spiro atoms. The van der Waals surface area contributed by atoms with E-state index in [-0.39, 0.29) is 0 Å². The third-order valence-electron chi connectivity index (χ3n) is 5.04. The Bertz CT molecular complexity index is 1260. The summed E-state index contributed by atoms with van der Waals surface area (Å²) in [5, 5.41) is 7.35. The molecule has 5 aromatic rings. The average molecular weight is 474 g/mol. The number of rotatable bonds is 4. The standard InChI is InChI=1S/C26H20N3.ClHO4/c1-4-10-20(11-5-1)23-18-24(21-12-6-2-7-13-21)29(26-16-17-27-28-26)25(19-23)22-14-8-3-9-15-22;2-1(3,4)5/h1-19H,(H,27,28);(H,2,3,4,5)/q+1;/p-1. The number of halogens is 1. The van der Waals surface area contributed by atoms with Crippen LogP contribution in [0.5, 0.6) is 0 Å². The van der Waals surface area contributed by atoms with Crippen molar-refractivity contribution in [3.05, 3.63) is 115 Å². The Hall–Kier alpha value is -3.85. The molecule has 1 N–H and O–H groups in total. The smallest absolute Gasteiger partial charge is 0.222 e. The fraction of sp³-hybridized carbons (Fsp3) is 0. The van der Waals surface area contributed by atoms with Crippen molar-refractivity contribution in [3.63, 3.8) is 0 Å². The quantitative estimate of drug-likeness (QED) is 0.389. The summed E-state index contributed by atoms with van der Waals surface area (Å²) in [5.74, 6) is 0.933. The highest BCUT2D eigenvalue weighted by molar-refractivity contribution is 5.74. The van der Waals surface area contributed by atoms with Crippen LogP contribution in [0.2, 0.25) is 0 Å². The first kappa shape index (κ1) is 23.3. The van der Waals surface area contributed by atoms with Crippen LogP contribution in [-0.2, 0) is 0 Å². The molecular weight excluding hydrogens is 454 g/mol. The van der Waals surface area contributed by atoms with E-state index < -0.39 is 10.2 Å². The van der Waals surface area contributed by atoms with Gasteiger partial charge >= 0.3 is 5.82 Å². The number of aromatic nitrogens is 3. The molecule has 0 atom stereocenters. The highest BCUT2D eigenvalue weighted by Crippen LogP contribution is 2.30. The van der Waals surface area contributed by atoms with Crippen molar-refractivity contribution in [3.8, 4) is 39.5 Å². The number of H-pyrrole nitrogens is 1. The van der Waals surface area contributed by atoms with Crippen LogP contribution in [0.4, 0.5) is 0 Å². The zero-order valence-corrected chi connectivity index (χ0v) is 18.6. The molecule has 0 bridgehead atoms. The van der Waals surface area contributed by atoms with Crippen molar-refractivity contribution in [1.29, 1.82) is 0 Å². The van der Waals surface area contributed by atoms with Gasteiger partial charge in [-0.05, 0) is 23.3 Å². The summed E-state index contributed by atoms with van der Waals surface area (Å²) in [4.78, 5) is 0. The van der Waals surface area contributed by atoms with Crippen molar-refractivity contribution >= 4 is 0 Å². The Balaban J connectivity index is 0.000000499. The van der Waals surface area contributed by atoms with Gasteiger partial charge in [-0.2, -0.15) is 4.57 Å². The van der Waals surface area contributed by atoms with Crippen LogP contribution in [0.1, 0.15) is 0 Å². The number of nitrogens with one attached hydrogen (secondary N) is 1. The lowest BCUT2D eigenvalue weighted by molar-refractivity contribution is -2.00. The normalized spacial score (nSPS) is 10.9. The number of nitrogens with zero attached hydrogens (tertiary/aromatic N) is 2. The van der Waals surface area contributed by atoms with E-state index in [0.717, 1.165) is 28.3 Å². The lowest BCUT2D eigenvalue weighted by atomic mass is 9.99. The third-order valence-corrected chi connectivity index (χ3v) is 5.04. The molecule has 0 unspecified atom stereocenters. The third kappa shape index (κ3) is 5.93. The van der Waals surface area contributed by atoms with E-state index in [1.807, 2.05) is 24.3 Å². The molecule has 8 heteroatoms. The SMILES string of the molecule is [O-][Cl+3]([O-])([O-])[O-].c1ccc(-c2cc(-c3ccccc3)[n+](-c3ccn[nH]3)c(-c3ccccc3)c2)cc1. The molecule has 7 nitrogen and oxygen atoms in total. The van der Waals surface area contributed by atoms with Gasteiger partial charge in [-0.3, -0.25) is 0 Å². The maximum atomic E-state index is 8.49. The van der Waals surface area contributed by atoms with Crippen LogP contribution in [-0.4, -0.2) is 10.2 Å². The second-order valence-electron chi connectivity index (χ2n) is 7.27. The zero-order valence-electron chi connectivity index (χ0n) is 17.9. The predicted molar refractivity (Wildman–Crippen MR) is 116 cm³/mol. The second-order valence-corrected chi connectivity index (χ2v) is 8.02. The van der Waals surface area contributed by atoms with E-state index >= 15 is 0 Å². The van der Waals surface area contributed by atoms with Crippen molar-refractivity contribution in [2.45, 2.75) is 0 Å². The van der Waals surface area contributed by atoms with Crippen LogP contribution in [0, 0.1) is 10.2 Å². The molecular formula is C26H20ClN3O4. The van der Waals surface area contributed by atoms with Crippen LogP contribution in [0.25, 0.3) is 39.5 Å². The molecule has 0 aliphatic heterocycles. The van der Waals surface area contributed by atoms with Crippen LogP contribution in [0.3, 0.4) is 0 Å². The first-order valence-electron chi connectivity index (χ1n) is 10.3. The molecule has 170 valence electrons. The molecule has 0 radical (unpaired) electrons. The van der Waals surface area contributed by atoms with Crippen LogP contribution < -0.4 is 23.2 Å². The number of hydrogen-bond donors (Lipinski definition) is 1. The van der Waals surface area contributed by atoms with Gasteiger partial charge in [0.1, 0.15) is 11.4 Å². The van der Waals surface area contributed by atoms with Crippen molar-refractivity contribution in [2.24, 2.45) is 0 Å². The number of benzene rings is 3. The van der Waals surface area contributed by atoms with Gasteiger partial charge in [0.2, 0.25) is 0 Å². The largest absolute Gasteiger partial charge is 0.306 e. The molecule has 34 heavy (non-hydrogen) atoms.